The van der Waals surface area contributed by atoms with Crippen molar-refractivity contribution < 1.29 is 4.74 Å². The highest BCUT2D eigenvalue weighted by molar-refractivity contribution is 5.33. The third-order valence-electron chi connectivity index (χ3n) is 4.41. The molecule has 0 spiro atoms. The lowest BCUT2D eigenvalue weighted by atomic mass is 10.0. The van der Waals surface area contributed by atoms with Crippen LogP contribution in [0.25, 0.3) is 0 Å². The van der Waals surface area contributed by atoms with Gasteiger partial charge >= 0.3 is 0 Å². The van der Waals surface area contributed by atoms with Gasteiger partial charge in [0.1, 0.15) is 12.4 Å². The van der Waals surface area contributed by atoms with Gasteiger partial charge in [-0.15, -0.1) is 0 Å². The van der Waals surface area contributed by atoms with E-state index in [4.69, 9.17) is 4.74 Å². The Hall–Kier alpha value is -1.06. The van der Waals surface area contributed by atoms with Gasteiger partial charge in [0.15, 0.2) is 0 Å². The Morgan fingerprint density at radius 3 is 2.81 bits per heavy atom. The standard InChI is InChI=1S/C18H30N2O/c1-4-11-19-15-16-8-5-6-9-17(16)21-14-13-20-12-7-10-18(20,2)3/h5-6,8-9,19H,4,7,10-15H2,1-3H3. The fraction of sp³-hybridized carbons (Fsp3) is 0.667. The third kappa shape index (κ3) is 4.72. The molecule has 0 bridgehead atoms. The maximum Gasteiger partial charge on any atom is 0.123 e. The summed E-state index contributed by atoms with van der Waals surface area (Å²) in [6.45, 7) is 11.8. The Morgan fingerprint density at radius 2 is 2.10 bits per heavy atom. The van der Waals surface area contributed by atoms with Gasteiger partial charge in [-0.3, -0.25) is 4.90 Å². The second-order valence-electron chi connectivity index (χ2n) is 6.54. The van der Waals surface area contributed by atoms with Crippen LogP contribution in [0.2, 0.25) is 0 Å². The van der Waals surface area contributed by atoms with Crippen LogP contribution in [-0.4, -0.2) is 36.7 Å². The quantitative estimate of drug-likeness (QED) is 0.742. The number of nitrogens with one attached hydrogen (secondary N) is 1. The molecule has 1 saturated heterocycles. The first kappa shape index (κ1) is 16.3. The SMILES string of the molecule is CCCNCc1ccccc1OCCN1CCCC1(C)C. The summed E-state index contributed by atoms with van der Waals surface area (Å²) in [5.41, 5.74) is 1.59. The van der Waals surface area contributed by atoms with Gasteiger partial charge in [0.25, 0.3) is 0 Å². The molecule has 1 N–H and O–H groups in total. The van der Waals surface area contributed by atoms with Crippen molar-refractivity contribution in [3.8, 4) is 5.75 Å². The molecule has 0 aromatic heterocycles. The molecule has 3 heteroatoms. The second kappa shape index (κ2) is 7.81. The third-order valence-corrected chi connectivity index (χ3v) is 4.41. The monoisotopic (exact) mass is 290 g/mol. The smallest absolute Gasteiger partial charge is 0.123 e. The first-order valence-corrected chi connectivity index (χ1v) is 8.30. The Kier molecular flexibility index (Phi) is 6.07. The van der Waals surface area contributed by atoms with Crippen molar-refractivity contribution in [1.29, 1.82) is 0 Å². The van der Waals surface area contributed by atoms with Crippen molar-refractivity contribution in [2.24, 2.45) is 0 Å². The van der Waals surface area contributed by atoms with E-state index in [1.165, 1.54) is 24.9 Å². The summed E-state index contributed by atoms with van der Waals surface area (Å²) in [5.74, 6) is 1.03. The van der Waals surface area contributed by atoms with Crippen LogP contribution in [0, 0.1) is 0 Å². The predicted molar refractivity (Wildman–Crippen MR) is 88.8 cm³/mol. The van der Waals surface area contributed by atoms with E-state index in [1.807, 2.05) is 0 Å². The van der Waals surface area contributed by atoms with Gasteiger partial charge in [0, 0.05) is 24.2 Å². The molecule has 0 radical (unpaired) electrons. The average molecular weight is 290 g/mol. The molecule has 0 saturated carbocycles. The van der Waals surface area contributed by atoms with E-state index in [2.05, 4.69) is 55.3 Å². The van der Waals surface area contributed by atoms with E-state index < -0.39 is 0 Å². The fourth-order valence-electron chi connectivity index (χ4n) is 3.03. The number of benzene rings is 1. The van der Waals surface area contributed by atoms with Gasteiger partial charge in [-0.1, -0.05) is 25.1 Å². The lowest BCUT2D eigenvalue weighted by molar-refractivity contribution is 0.143. The molecule has 3 nitrogen and oxygen atoms in total. The zero-order chi connectivity index (χ0) is 15.1. The van der Waals surface area contributed by atoms with Crippen LogP contribution in [0.3, 0.4) is 0 Å². The van der Waals surface area contributed by atoms with E-state index >= 15 is 0 Å². The van der Waals surface area contributed by atoms with Crippen LogP contribution < -0.4 is 10.1 Å². The molecule has 0 unspecified atom stereocenters. The maximum absolute atomic E-state index is 6.04. The molecule has 1 aromatic carbocycles. The molecule has 21 heavy (non-hydrogen) atoms. The van der Waals surface area contributed by atoms with Crippen molar-refractivity contribution in [1.82, 2.24) is 10.2 Å². The Bertz CT molecular complexity index is 431. The molecule has 0 aliphatic carbocycles. The van der Waals surface area contributed by atoms with Crippen LogP contribution in [0.5, 0.6) is 5.75 Å². The molecular formula is C18H30N2O. The summed E-state index contributed by atoms with van der Waals surface area (Å²) in [6, 6.07) is 8.37. The van der Waals surface area contributed by atoms with Crippen LogP contribution >= 0.6 is 0 Å². The van der Waals surface area contributed by atoms with E-state index in [0.29, 0.717) is 5.54 Å². The molecule has 1 fully saturated rings. The Morgan fingerprint density at radius 1 is 1.29 bits per heavy atom. The van der Waals surface area contributed by atoms with Crippen molar-refractivity contribution in [2.75, 3.05) is 26.2 Å². The Balaban J connectivity index is 1.82. The fourth-order valence-corrected chi connectivity index (χ4v) is 3.03. The van der Waals surface area contributed by atoms with Gasteiger partial charge in [-0.25, -0.2) is 0 Å². The van der Waals surface area contributed by atoms with Gasteiger partial charge in [-0.05, 0) is 52.3 Å². The summed E-state index contributed by atoms with van der Waals surface area (Å²) in [7, 11) is 0. The summed E-state index contributed by atoms with van der Waals surface area (Å²) >= 11 is 0. The maximum atomic E-state index is 6.04. The summed E-state index contributed by atoms with van der Waals surface area (Å²) < 4.78 is 6.04. The lowest BCUT2D eigenvalue weighted by Crippen LogP contribution is -2.40. The van der Waals surface area contributed by atoms with Gasteiger partial charge in [0.05, 0.1) is 0 Å². The number of hydrogen-bond donors (Lipinski definition) is 1. The minimum Gasteiger partial charge on any atom is -0.492 e. The normalized spacial score (nSPS) is 18.0. The number of rotatable bonds is 8. The molecule has 0 atom stereocenters. The second-order valence-corrected chi connectivity index (χ2v) is 6.54. The molecule has 1 aliphatic rings. The summed E-state index contributed by atoms with van der Waals surface area (Å²) in [5, 5.41) is 3.45. The van der Waals surface area contributed by atoms with Crippen LogP contribution in [0.1, 0.15) is 45.6 Å². The van der Waals surface area contributed by atoms with Crippen LogP contribution in [-0.2, 0) is 6.54 Å². The van der Waals surface area contributed by atoms with Crippen molar-refractivity contribution >= 4 is 0 Å². The van der Waals surface area contributed by atoms with E-state index in [9.17, 15) is 0 Å². The molecule has 1 aliphatic heterocycles. The van der Waals surface area contributed by atoms with Crippen LogP contribution in [0.4, 0.5) is 0 Å². The number of para-hydroxylation sites is 1. The van der Waals surface area contributed by atoms with Gasteiger partial charge in [-0.2, -0.15) is 0 Å². The number of nitrogens with zero attached hydrogens (tertiary/aromatic N) is 1. The van der Waals surface area contributed by atoms with E-state index in [1.54, 1.807) is 0 Å². The van der Waals surface area contributed by atoms with Crippen molar-refractivity contribution in [2.45, 2.75) is 52.1 Å². The summed E-state index contributed by atoms with van der Waals surface area (Å²) in [4.78, 5) is 2.55. The minimum absolute atomic E-state index is 0.339. The van der Waals surface area contributed by atoms with E-state index in [0.717, 1.165) is 38.4 Å². The summed E-state index contributed by atoms with van der Waals surface area (Å²) in [6.07, 6.45) is 3.77. The highest BCUT2D eigenvalue weighted by Gasteiger charge is 2.31. The number of hydrogen-bond acceptors (Lipinski definition) is 3. The van der Waals surface area contributed by atoms with Gasteiger partial charge < -0.3 is 10.1 Å². The molecule has 1 heterocycles. The zero-order valence-corrected chi connectivity index (χ0v) is 13.8. The number of likely N-dealkylation sites (tertiary alicyclic amines) is 1. The van der Waals surface area contributed by atoms with Crippen molar-refractivity contribution in [3.63, 3.8) is 0 Å². The topological polar surface area (TPSA) is 24.5 Å². The molecule has 1 aromatic rings. The zero-order valence-electron chi connectivity index (χ0n) is 13.8. The lowest BCUT2D eigenvalue weighted by Gasteiger charge is -2.31. The molecule has 118 valence electrons. The predicted octanol–water partition coefficient (Wildman–Crippen LogP) is 3.44. The highest BCUT2D eigenvalue weighted by atomic mass is 16.5. The van der Waals surface area contributed by atoms with Gasteiger partial charge in [0.2, 0.25) is 0 Å². The largest absolute Gasteiger partial charge is 0.492 e. The first-order chi connectivity index (χ1) is 10.1. The first-order valence-electron chi connectivity index (χ1n) is 8.30. The average Bonchev–Trinajstić information content (AvgIpc) is 2.80. The molecule has 2 rings (SSSR count). The molecule has 0 amide bonds. The Labute approximate surface area is 129 Å². The molecular weight excluding hydrogens is 260 g/mol. The van der Waals surface area contributed by atoms with Crippen LogP contribution in [0.15, 0.2) is 24.3 Å². The highest BCUT2D eigenvalue weighted by Crippen LogP contribution is 2.27. The number of ether oxygens (including phenoxy) is 1. The van der Waals surface area contributed by atoms with E-state index in [-0.39, 0.29) is 0 Å². The van der Waals surface area contributed by atoms with Crippen molar-refractivity contribution in [3.05, 3.63) is 29.8 Å². The minimum atomic E-state index is 0.339.